The Hall–Kier alpha value is -1.75. The van der Waals surface area contributed by atoms with Gasteiger partial charge in [-0.3, -0.25) is 4.79 Å². The van der Waals surface area contributed by atoms with E-state index in [0.29, 0.717) is 36.9 Å². The molecule has 2 fully saturated rings. The molecule has 1 aliphatic heterocycles. The van der Waals surface area contributed by atoms with Gasteiger partial charge in [0.15, 0.2) is 11.5 Å². The van der Waals surface area contributed by atoms with Crippen LogP contribution in [0.15, 0.2) is 18.2 Å². The summed E-state index contributed by atoms with van der Waals surface area (Å²) in [5.41, 5.74) is 0.271. The number of carbonyl (C=O) groups excluding carboxylic acids is 1. The van der Waals surface area contributed by atoms with E-state index in [0.717, 1.165) is 18.4 Å². The third-order valence-corrected chi connectivity index (χ3v) is 4.42. The Kier molecular flexibility index (Phi) is 3.53. The van der Waals surface area contributed by atoms with Crippen LogP contribution in [0, 0.1) is 5.92 Å². The first-order valence-electron chi connectivity index (χ1n) is 7.27. The smallest absolute Gasteiger partial charge is 0.227 e. The summed E-state index contributed by atoms with van der Waals surface area (Å²) >= 11 is 0. The Balaban J connectivity index is 1.60. The number of nitrogens with zero attached hydrogens (tertiary/aromatic N) is 1. The summed E-state index contributed by atoms with van der Waals surface area (Å²) in [6.07, 6.45) is 2.50. The maximum Gasteiger partial charge on any atom is 0.227 e. The normalized spacial score (nSPS) is 19.9. The van der Waals surface area contributed by atoms with Crippen LogP contribution >= 0.6 is 0 Å². The minimum atomic E-state index is -0.618. The third kappa shape index (κ3) is 2.70. The first-order chi connectivity index (χ1) is 10.1. The SMILES string of the molecule is COc1ccc(CC(=O)N2CC(O)(C3CC3)C2)cc1OC. The topological polar surface area (TPSA) is 59.0 Å². The number of likely N-dealkylation sites (tertiary alicyclic amines) is 1. The summed E-state index contributed by atoms with van der Waals surface area (Å²) in [6, 6.07) is 5.49. The maximum atomic E-state index is 12.2. The molecule has 0 atom stereocenters. The number of hydrogen-bond acceptors (Lipinski definition) is 4. The molecule has 1 N–H and O–H groups in total. The van der Waals surface area contributed by atoms with Crippen LogP contribution < -0.4 is 9.47 Å². The van der Waals surface area contributed by atoms with Gasteiger partial charge in [-0.05, 0) is 36.5 Å². The molecule has 1 aromatic rings. The fraction of sp³-hybridized carbons (Fsp3) is 0.562. The van der Waals surface area contributed by atoms with Gasteiger partial charge in [-0.25, -0.2) is 0 Å². The van der Waals surface area contributed by atoms with E-state index in [4.69, 9.17) is 9.47 Å². The summed E-state index contributed by atoms with van der Waals surface area (Å²) < 4.78 is 10.4. The molecule has 0 spiro atoms. The Morgan fingerprint density at radius 3 is 2.52 bits per heavy atom. The number of benzene rings is 1. The van der Waals surface area contributed by atoms with E-state index in [2.05, 4.69) is 0 Å². The Morgan fingerprint density at radius 1 is 1.29 bits per heavy atom. The van der Waals surface area contributed by atoms with Crippen molar-refractivity contribution in [3.05, 3.63) is 23.8 Å². The molecule has 5 nitrogen and oxygen atoms in total. The summed E-state index contributed by atoms with van der Waals surface area (Å²) in [5.74, 6) is 1.73. The van der Waals surface area contributed by atoms with Gasteiger partial charge in [0.25, 0.3) is 0 Å². The van der Waals surface area contributed by atoms with Crippen LogP contribution in [-0.2, 0) is 11.2 Å². The van der Waals surface area contributed by atoms with Crippen LogP contribution in [0.25, 0.3) is 0 Å². The molecular formula is C16H21NO4. The van der Waals surface area contributed by atoms with Crippen molar-refractivity contribution in [1.29, 1.82) is 0 Å². The van der Waals surface area contributed by atoms with E-state index in [1.54, 1.807) is 25.2 Å². The van der Waals surface area contributed by atoms with Gasteiger partial charge < -0.3 is 19.5 Å². The third-order valence-electron chi connectivity index (χ3n) is 4.42. The number of rotatable bonds is 5. The van der Waals surface area contributed by atoms with Crippen molar-refractivity contribution in [3.63, 3.8) is 0 Å². The number of hydrogen-bond donors (Lipinski definition) is 1. The van der Waals surface area contributed by atoms with Crippen LogP contribution in [0.2, 0.25) is 0 Å². The maximum absolute atomic E-state index is 12.2. The molecule has 1 saturated carbocycles. The molecule has 0 bridgehead atoms. The van der Waals surface area contributed by atoms with Crippen LogP contribution in [0.5, 0.6) is 11.5 Å². The lowest BCUT2D eigenvalue weighted by atomic mass is 9.88. The molecule has 2 aliphatic rings. The lowest BCUT2D eigenvalue weighted by Crippen LogP contribution is -2.65. The molecular weight excluding hydrogens is 270 g/mol. The van der Waals surface area contributed by atoms with Gasteiger partial charge >= 0.3 is 0 Å². The molecule has 1 aromatic carbocycles. The molecule has 5 heteroatoms. The van der Waals surface area contributed by atoms with Gasteiger partial charge in [0.1, 0.15) is 5.60 Å². The largest absolute Gasteiger partial charge is 0.493 e. The van der Waals surface area contributed by atoms with Gasteiger partial charge in [0.2, 0.25) is 5.91 Å². The van der Waals surface area contributed by atoms with E-state index in [1.165, 1.54) is 0 Å². The average molecular weight is 291 g/mol. The minimum Gasteiger partial charge on any atom is -0.493 e. The number of aliphatic hydroxyl groups is 1. The molecule has 1 saturated heterocycles. The zero-order chi connectivity index (χ0) is 15.0. The van der Waals surface area contributed by atoms with Gasteiger partial charge in [-0.2, -0.15) is 0 Å². The Morgan fingerprint density at radius 2 is 1.95 bits per heavy atom. The van der Waals surface area contributed by atoms with Crippen LogP contribution in [0.3, 0.4) is 0 Å². The van der Waals surface area contributed by atoms with Crippen LogP contribution in [0.1, 0.15) is 18.4 Å². The fourth-order valence-corrected chi connectivity index (χ4v) is 2.95. The van der Waals surface area contributed by atoms with Crippen molar-refractivity contribution in [2.24, 2.45) is 5.92 Å². The molecule has 21 heavy (non-hydrogen) atoms. The molecule has 0 unspecified atom stereocenters. The predicted molar refractivity (Wildman–Crippen MR) is 77.5 cm³/mol. The predicted octanol–water partition coefficient (Wildman–Crippen LogP) is 1.23. The number of amides is 1. The minimum absolute atomic E-state index is 0.0487. The van der Waals surface area contributed by atoms with Gasteiger partial charge in [-0.15, -0.1) is 0 Å². The number of ether oxygens (including phenoxy) is 2. The monoisotopic (exact) mass is 291 g/mol. The molecule has 1 heterocycles. The second-order valence-electron chi connectivity index (χ2n) is 5.99. The lowest BCUT2D eigenvalue weighted by Gasteiger charge is -2.47. The second-order valence-corrected chi connectivity index (χ2v) is 5.99. The van der Waals surface area contributed by atoms with Crippen molar-refractivity contribution in [2.75, 3.05) is 27.3 Å². The van der Waals surface area contributed by atoms with E-state index >= 15 is 0 Å². The van der Waals surface area contributed by atoms with E-state index < -0.39 is 5.60 Å². The first-order valence-corrected chi connectivity index (χ1v) is 7.27. The van der Waals surface area contributed by atoms with Crippen LogP contribution in [0.4, 0.5) is 0 Å². The lowest BCUT2D eigenvalue weighted by molar-refractivity contribution is -0.158. The highest BCUT2D eigenvalue weighted by molar-refractivity contribution is 5.80. The summed E-state index contributed by atoms with van der Waals surface area (Å²) in [5, 5.41) is 10.3. The van der Waals surface area contributed by atoms with E-state index in [-0.39, 0.29) is 5.91 Å². The Labute approximate surface area is 124 Å². The van der Waals surface area contributed by atoms with Crippen molar-refractivity contribution in [3.8, 4) is 11.5 Å². The summed E-state index contributed by atoms with van der Waals surface area (Å²) in [4.78, 5) is 14.0. The highest BCUT2D eigenvalue weighted by Crippen LogP contribution is 2.44. The Bertz CT molecular complexity index is 547. The van der Waals surface area contributed by atoms with Crippen LogP contribution in [-0.4, -0.2) is 48.8 Å². The summed E-state index contributed by atoms with van der Waals surface area (Å²) in [6.45, 7) is 0.952. The molecule has 1 aliphatic carbocycles. The number of carbonyl (C=O) groups is 1. The first kappa shape index (κ1) is 14.2. The zero-order valence-corrected chi connectivity index (χ0v) is 12.5. The number of β-amino-alcohol motifs (C(OH)–C–C–N with tert-alkyl or cyclic N) is 1. The van der Waals surface area contributed by atoms with Gasteiger partial charge in [-0.1, -0.05) is 6.07 Å². The van der Waals surface area contributed by atoms with Crippen molar-refractivity contribution < 1.29 is 19.4 Å². The van der Waals surface area contributed by atoms with E-state index in [1.807, 2.05) is 12.1 Å². The summed E-state index contributed by atoms with van der Waals surface area (Å²) in [7, 11) is 3.16. The fourth-order valence-electron chi connectivity index (χ4n) is 2.95. The zero-order valence-electron chi connectivity index (χ0n) is 12.5. The number of methoxy groups -OCH3 is 2. The highest BCUT2D eigenvalue weighted by Gasteiger charge is 2.53. The van der Waals surface area contributed by atoms with Crippen molar-refractivity contribution >= 4 is 5.91 Å². The van der Waals surface area contributed by atoms with Gasteiger partial charge in [0, 0.05) is 0 Å². The molecule has 3 rings (SSSR count). The van der Waals surface area contributed by atoms with E-state index in [9.17, 15) is 9.90 Å². The van der Waals surface area contributed by atoms with Gasteiger partial charge in [0.05, 0.1) is 33.7 Å². The van der Waals surface area contributed by atoms with Crippen molar-refractivity contribution in [2.45, 2.75) is 24.9 Å². The van der Waals surface area contributed by atoms with Crippen molar-refractivity contribution in [1.82, 2.24) is 4.90 Å². The molecule has 0 aromatic heterocycles. The molecule has 0 radical (unpaired) electrons. The molecule has 1 amide bonds. The quantitative estimate of drug-likeness (QED) is 0.886. The standard InChI is InChI=1S/C16H21NO4/c1-20-13-6-3-11(7-14(13)21-2)8-15(18)17-9-16(19,10-17)12-4-5-12/h3,6-7,12,19H,4-5,8-10H2,1-2H3. The highest BCUT2D eigenvalue weighted by atomic mass is 16.5. The average Bonchev–Trinajstić information content (AvgIpc) is 3.28. The molecule has 114 valence electrons. The second kappa shape index (κ2) is 5.22.